The number of carbonyl (C=O) groups excluding carboxylic acids is 1. The lowest BCUT2D eigenvalue weighted by molar-refractivity contribution is 0.102. The number of nitrogens with one attached hydrogen (secondary N) is 1. The van der Waals surface area contributed by atoms with Crippen molar-refractivity contribution in [2.75, 3.05) is 5.32 Å². The van der Waals surface area contributed by atoms with E-state index in [4.69, 9.17) is 0 Å². The van der Waals surface area contributed by atoms with Gasteiger partial charge in [-0.15, -0.1) is 0 Å². The maximum absolute atomic E-state index is 13.4. The molecule has 0 unspecified atom stereocenters. The summed E-state index contributed by atoms with van der Waals surface area (Å²) in [6.07, 6.45) is 0. The van der Waals surface area contributed by atoms with E-state index in [1.807, 2.05) is 5.32 Å². The lowest BCUT2D eigenvalue weighted by Gasteiger charge is -2.07. The third-order valence-electron chi connectivity index (χ3n) is 2.42. The summed E-state index contributed by atoms with van der Waals surface area (Å²) in [5.41, 5.74) is -0.773. The maximum atomic E-state index is 13.4. The molecule has 20 heavy (non-hydrogen) atoms. The van der Waals surface area contributed by atoms with E-state index in [0.717, 1.165) is 6.07 Å². The molecular weight excluding hydrogens is 342 g/mol. The maximum Gasteiger partial charge on any atom is 0.255 e. The van der Waals surface area contributed by atoms with E-state index in [1.165, 1.54) is 12.1 Å². The average Bonchev–Trinajstić information content (AvgIpc) is 2.38. The first-order chi connectivity index (χ1) is 9.38. The van der Waals surface area contributed by atoms with Crippen LogP contribution in [0.1, 0.15) is 10.4 Å². The van der Waals surface area contributed by atoms with Gasteiger partial charge in [0.05, 0.1) is 10.2 Å². The number of rotatable bonds is 2. The van der Waals surface area contributed by atoms with Crippen LogP contribution >= 0.6 is 15.9 Å². The molecule has 0 radical (unpaired) electrons. The van der Waals surface area contributed by atoms with E-state index in [0.29, 0.717) is 12.1 Å². The van der Waals surface area contributed by atoms with Crippen LogP contribution in [0.15, 0.2) is 34.8 Å². The fourth-order valence-corrected chi connectivity index (χ4v) is 1.73. The number of carbonyl (C=O) groups is 1. The SMILES string of the molecule is O=C(Nc1cc(F)cc(F)c1F)c1ccc(Br)c(F)c1. The zero-order chi connectivity index (χ0) is 14.9. The number of anilines is 1. The van der Waals surface area contributed by atoms with Gasteiger partial charge < -0.3 is 5.32 Å². The molecule has 0 saturated carbocycles. The van der Waals surface area contributed by atoms with E-state index in [2.05, 4.69) is 15.9 Å². The molecule has 2 rings (SSSR count). The van der Waals surface area contributed by atoms with Crippen molar-refractivity contribution in [3.05, 3.63) is 63.6 Å². The van der Waals surface area contributed by atoms with Gasteiger partial charge in [-0.3, -0.25) is 4.79 Å². The molecule has 0 fully saturated rings. The molecule has 2 aromatic rings. The van der Waals surface area contributed by atoms with Gasteiger partial charge >= 0.3 is 0 Å². The van der Waals surface area contributed by atoms with Crippen molar-refractivity contribution >= 4 is 27.5 Å². The van der Waals surface area contributed by atoms with Crippen molar-refractivity contribution in [2.24, 2.45) is 0 Å². The van der Waals surface area contributed by atoms with Crippen molar-refractivity contribution in [1.82, 2.24) is 0 Å². The summed E-state index contributed by atoms with van der Waals surface area (Å²) in [6, 6.07) is 4.45. The van der Waals surface area contributed by atoms with Gasteiger partial charge in [-0.25, -0.2) is 17.6 Å². The molecule has 1 amide bonds. The van der Waals surface area contributed by atoms with E-state index in [-0.39, 0.29) is 10.0 Å². The molecule has 0 spiro atoms. The second-order valence-electron chi connectivity index (χ2n) is 3.83. The van der Waals surface area contributed by atoms with Gasteiger partial charge in [0.1, 0.15) is 11.6 Å². The Kier molecular flexibility index (Phi) is 4.08. The molecule has 0 bridgehead atoms. The highest BCUT2D eigenvalue weighted by molar-refractivity contribution is 9.10. The normalized spacial score (nSPS) is 10.4. The van der Waals surface area contributed by atoms with E-state index in [1.54, 1.807) is 0 Å². The van der Waals surface area contributed by atoms with Gasteiger partial charge in [-0.2, -0.15) is 0 Å². The largest absolute Gasteiger partial charge is 0.319 e. The average molecular weight is 348 g/mol. The van der Waals surface area contributed by atoms with Gasteiger partial charge in [0, 0.05) is 17.7 Å². The smallest absolute Gasteiger partial charge is 0.255 e. The van der Waals surface area contributed by atoms with Gasteiger partial charge in [-0.05, 0) is 34.1 Å². The van der Waals surface area contributed by atoms with Gasteiger partial charge in [-0.1, -0.05) is 0 Å². The second kappa shape index (κ2) is 5.62. The number of hydrogen-bond acceptors (Lipinski definition) is 1. The van der Waals surface area contributed by atoms with Crippen molar-refractivity contribution in [1.29, 1.82) is 0 Å². The Balaban J connectivity index is 2.30. The number of halogens is 5. The van der Waals surface area contributed by atoms with Crippen LogP contribution in [0.3, 0.4) is 0 Å². The second-order valence-corrected chi connectivity index (χ2v) is 4.69. The zero-order valence-corrected chi connectivity index (χ0v) is 11.3. The zero-order valence-electron chi connectivity index (χ0n) is 9.68. The van der Waals surface area contributed by atoms with E-state index in [9.17, 15) is 22.4 Å². The van der Waals surface area contributed by atoms with Crippen molar-refractivity contribution in [3.8, 4) is 0 Å². The monoisotopic (exact) mass is 347 g/mol. The van der Waals surface area contributed by atoms with Crippen molar-refractivity contribution < 1.29 is 22.4 Å². The number of hydrogen-bond donors (Lipinski definition) is 1. The first kappa shape index (κ1) is 14.5. The number of amides is 1. The van der Waals surface area contributed by atoms with Crippen LogP contribution in [0, 0.1) is 23.3 Å². The summed E-state index contributed by atoms with van der Waals surface area (Å²) >= 11 is 2.91. The van der Waals surface area contributed by atoms with Crippen LogP contribution in [-0.4, -0.2) is 5.91 Å². The molecule has 0 saturated heterocycles. The van der Waals surface area contributed by atoms with Crippen molar-refractivity contribution in [2.45, 2.75) is 0 Å². The fourth-order valence-electron chi connectivity index (χ4n) is 1.48. The fraction of sp³-hybridized carbons (Fsp3) is 0. The lowest BCUT2D eigenvalue weighted by atomic mass is 10.2. The Hall–Kier alpha value is -1.89. The topological polar surface area (TPSA) is 29.1 Å². The van der Waals surface area contributed by atoms with Crippen LogP contribution in [0.25, 0.3) is 0 Å². The molecule has 0 atom stereocenters. The van der Waals surface area contributed by atoms with Gasteiger partial charge in [0.2, 0.25) is 0 Å². The quantitative estimate of drug-likeness (QED) is 0.638. The van der Waals surface area contributed by atoms with Crippen LogP contribution in [-0.2, 0) is 0 Å². The standard InChI is InChI=1S/C13H6BrF4NO/c14-8-2-1-6(3-9(8)16)13(20)19-11-5-7(15)4-10(17)12(11)18/h1-5H,(H,19,20). The third-order valence-corrected chi connectivity index (χ3v) is 3.07. The third kappa shape index (κ3) is 2.98. The highest BCUT2D eigenvalue weighted by atomic mass is 79.9. The van der Waals surface area contributed by atoms with Crippen LogP contribution in [0.4, 0.5) is 23.2 Å². The molecule has 0 aliphatic rings. The minimum absolute atomic E-state index is 0.116. The summed E-state index contributed by atoms with van der Waals surface area (Å²) in [5, 5.41) is 1.98. The summed E-state index contributed by atoms with van der Waals surface area (Å²) in [5.74, 6) is -5.44. The van der Waals surface area contributed by atoms with Crippen LogP contribution < -0.4 is 5.32 Å². The van der Waals surface area contributed by atoms with Gasteiger partial charge in [0.25, 0.3) is 5.91 Å². The summed E-state index contributed by atoms with van der Waals surface area (Å²) < 4.78 is 52.7. The molecule has 1 N–H and O–H groups in total. The minimum atomic E-state index is -1.43. The molecular formula is C13H6BrF4NO. The summed E-state index contributed by atoms with van der Waals surface area (Å²) in [6.45, 7) is 0. The highest BCUT2D eigenvalue weighted by Crippen LogP contribution is 2.21. The molecule has 0 aliphatic carbocycles. The van der Waals surface area contributed by atoms with Crippen molar-refractivity contribution in [3.63, 3.8) is 0 Å². The highest BCUT2D eigenvalue weighted by Gasteiger charge is 2.15. The van der Waals surface area contributed by atoms with Gasteiger partial charge in [0.15, 0.2) is 11.6 Å². The molecule has 104 valence electrons. The Morgan fingerprint density at radius 1 is 1.00 bits per heavy atom. The summed E-state index contributed by atoms with van der Waals surface area (Å²) in [4.78, 5) is 11.7. The molecule has 7 heteroatoms. The Bertz CT molecular complexity index is 690. The molecule has 0 aromatic heterocycles. The molecule has 2 nitrogen and oxygen atoms in total. The van der Waals surface area contributed by atoms with E-state index < -0.39 is 34.9 Å². The first-order valence-corrected chi connectivity index (χ1v) is 6.08. The Morgan fingerprint density at radius 2 is 1.70 bits per heavy atom. The van der Waals surface area contributed by atoms with Crippen LogP contribution in [0.5, 0.6) is 0 Å². The minimum Gasteiger partial charge on any atom is -0.319 e. The first-order valence-electron chi connectivity index (χ1n) is 5.29. The van der Waals surface area contributed by atoms with Crippen LogP contribution in [0.2, 0.25) is 0 Å². The predicted octanol–water partition coefficient (Wildman–Crippen LogP) is 4.26. The molecule has 2 aromatic carbocycles. The van der Waals surface area contributed by atoms with E-state index >= 15 is 0 Å². The number of benzene rings is 2. The predicted molar refractivity (Wildman–Crippen MR) is 68.4 cm³/mol. The Labute approximate surface area is 119 Å². The molecule has 0 aliphatic heterocycles. The lowest BCUT2D eigenvalue weighted by Crippen LogP contribution is -2.14. The molecule has 0 heterocycles. The Morgan fingerprint density at radius 3 is 2.35 bits per heavy atom. The summed E-state index contributed by atoms with van der Waals surface area (Å²) in [7, 11) is 0.